The van der Waals surface area contributed by atoms with E-state index in [1.807, 2.05) is 4.90 Å². The molecule has 2 amide bonds. The van der Waals surface area contributed by atoms with Crippen LogP contribution in [0.3, 0.4) is 0 Å². The van der Waals surface area contributed by atoms with Crippen molar-refractivity contribution in [3.8, 4) is 5.75 Å². The molecule has 0 aliphatic carbocycles. The summed E-state index contributed by atoms with van der Waals surface area (Å²) in [5, 5.41) is 10.5. The zero-order valence-corrected chi connectivity index (χ0v) is 15.4. The molecule has 7 heteroatoms. The normalized spacial score (nSPS) is 24.4. The van der Waals surface area contributed by atoms with E-state index < -0.39 is 6.10 Å². The third-order valence-corrected chi connectivity index (χ3v) is 5.33. The molecule has 2 saturated heterocycles. The van der Waals surface area contributed by atoms with Crippen LogP contribution in [0, 0.1) is 0 Å². The monoisotopic (exact) mass is 361 g/mol. The first-order valence-corrected chi connectivity index (χ1v) is 9.10. The second kappa shape index (κ2) is 8.05. The Bertz CT molecular complexity index is 649. The number of aliphatic hydroxyl groups excluding tert-OH is 1. The van der Waals surface area contributed by atoms with Crippen molar-refractivity contribution in [1.82, 2.24) is 14.7 Å². The fourth-order valence-corrected chi connectivity index (χ4v) is 3.79. The molecule has 3 rings (SSSR count). The summed E-state index contributed by atoms with van der Waals surface area (Å²) >= 11 is 0. The standard InChI is InChI=1S/C19H27N3O4/c1-14(23)20-8-3-9-21(11-10-20)17-12-22(13-18(17)24)19(25)15-4-6-16(26-2)7-5-15/h4-7,17-18,24H,3,8-13H2,1-2H3/t17-,18-/m0/s1. The van der Waals surface area contributed by atoms with Gasteiger partial charge in [-0.1, -0.05) is 0 Å². The fraction of sp³-hybridized carbons (Fsp3) is 0.579. The van der Waals surface area contributed by atoms with Gasteiger partial charge in [-0.25, -0.2) is 0 Å². The minimum Gasteiger partial charge on any atom is -0.497 e. The second-order valence-corrected chi connectivity index (χ2v) is 6.97. The maximum atomic E-state index is 12.7. The Hall–Kier alpha value is -2.12. The van der Waals surface area contributed by atoms with Crippen molar-refractivity contribution < 1.29 is 19.4 Å². The maximum Gasteiger partial charge on any atom is 0.254 e. The molecule has 2 aliphatic rings. The van der Waals surface area contributed by atoms with Crippen LogP contribution in [0.15, 0.2) is 24.3 Å². The maximum absolute atomic E-state index is 12.7. The quantitative estimate of drug-likeness (QED) is 0.846. The van der Waals surface area contributed by atoms with Gasteiger partial charge in [0.2, 0.25) is 5.91 Å². The highest BCUT2D eigenvalue weighted by atomic mass is 16.5. The Balaban J connectivity index is 1.63. The summed E-state index contributed by atoms with van der Waals surface area (Å²) in [6.45, 7) is 5.42. The second-order valence-electron chi connectivity index (χ2n) is 6.97. The van der Waals surface area contributed by atoms with Crippen molar-refractivity contribution in [2.45, 2.75) is 25.5 Å². The highest BCUT2D eigenvalue weighted by molar-refractivity contribution is 5.94. The van der Waals surface area contributed by atoms with E-state index in [9.17, 15) is 14.7 Å². The largest absolute Gasteiger partial charge is 0.497 e. The number of carbonyl (C=O) groups excluding carboxylic acids is 2. The molecule has 0 bridgehead atoms. The molecule has 2 atom stereocenters. The zero-order valence-electron chi connectivity index (χ0n) is 15.4. The highest BCUT2D eigenvalue weighted by Crippen LogP contribution is 2.21. The number of hydrogen-bond donors (Lipinski definition) is 1. The van der Waals surface area contributed by atoms with Gasteiger partial charge in [0.1, 0.15) is 5.75 Å². The third-order valence-electron chi connectivity index (χ3n) is 5.33. The molecule has 0 unspecified atom stereocenters. The summed E-state index contributed by atoms with van der Waals surface area (Å²) in [4.78, 5) is 30.1. The number of ether oxygens (including phenoxy) is 1. The SMILES string of the molecule is COc1ccc(C(=O)N2C[C@H](O)[C@@H](N3CCCN(C(C)=O)CC3)C2)cc1. The van der Waals surface area contributed by atoms with Gasteiger partial charge >= 0.3 is 0 Å². The number of aliphatic hydroxyl groups is 1. The molecule has 1 N–H and O–H groups in total. The van der Waals surface area contributed by atoms with Gasteiger partial charge in [-0.3, -0.25) is 14.5 Å². The summed E-state index contributed by atoms with van der Waals surface area (Å²) in [6.07, 6.45) is 0.316. The molecule has 0 radical (unpaired) electrons. The summed E-state index contributed by atoms with van der Waals surface area (Å²) < 4.78 is 5.13. The van der Waals surface area contributed by atoms with Gasteiger partial charge in [-0.2, -0.15) is 0 Å². The minimum absolute atomic E-state index is 0.0746. The Morgan fingerprint density at radius 2 is 1.77 bits per heavy atom. The molecular weight excluding hydrogens is 334 g/mol. The van der Waals surface area contributed by atoms with E-state index in [2.05, 4.69) is 4.90 Å². The number of benzene rings is 1. The van der Waals surface area contributed by atoms with E-state index in [4.69, 9.17) is 4.74 Å². The number of carbonyl (C=O) groups is 2. The van der Waals surface area contributed by atoms with Crippen LogP contribution in [0.1, 0.15) is 23.7 Å². The van der Waals surface area contributed by atoms with Gasteiger partial charge in [0.05, 0.1) is 19.3 Å². The van der Waals surface area contributed by atoms with Gasteiger partial charge in [-0.15, -0.1) is 0 Å². The molecule has 1 aromatic rings. The van der Waals surface area contributed by atoms with E-state index in [-0.39, 0.29) is 17.9 Å². The molecule has 0 aromatic heterocycles. The van der Waals surface area contributed by atoms with Crippen molar-refractivity contribution in [2.75, 3.05) is 46.4 Å². The first kappa shape index (κ1) is 18.7. The lowest BCUT2D eigenvalue weighted by Gasteiger charge is -2.29. The predicted molar refractivity (Wildman–Crippen MR) is 97.1 cm³/mol. The highest BCUT2D eigenvalue weighted by Gasteiger charge is 2.38. The van der Waals surface area contributed by atoms with Crippen LogP contribution in [0.2, 0.25) is 0 Å². The lowest BCUT2D eigenvalue weighted by Crippen LogP contribution is -2.45. The van der Waals surface area contributed by atoms with E-state index >= 15 is 0 Å². The van der Waals surface area contributed by atoms with E-state index in [1.54, 1.807) is 43.2 Å². The zero-order chi connectivity index (χ0) is 18.7. The molecule has 142 valence electrons. The van der Waals surface area contributed by atoms with Crippen LogP contribution in [-0.2, 0) is 4.79 Å². The van der Waals surface area contributed by atoms with Gasteiger partial charge in [0.15, 0.2) is 0 Å². The molecule has 0 saturated carbocycles. The van der Waals surface area contributed by atoms with E-state index in [0.29, 0.717) is 30.9 Å². The Morgan fingerprint density at radius 3 is 2.42 bits per heavy atom. The lowest BCUT2D eigenvalue weighted by atomic mass is 10.1. The number of hydrogen-bond acceptors (Lipinski definition) is 5. The summed E-state index contributed by atoms with van der Waals surface area (Å²) in [6, 6.07) is 6.95. The fourth-order valence-electron chi connectivity index (χ4n) is 3.79. The van der Waals surface area contributed by atoms with Crippen molar-refractivity contribution in [3.63, 3.8) is 0 Å². The molecule has 2 fully saturated rings. The van der Waals surface area contributed by atoms with Crippen LogP contribution in [0.4, 0.5) is 0 Å². The van der Waals surface area contributed by atoms with Gasteiger partial charge in [-0.05, 0) is 30.7 Å². The molecule has 7 nitrogen and oxygen atoms in total. The van der Waals surface area contributed by atoms with Crippen molar-refractivity contribution in [1.29, 1.82) is 0 Å². The summed E-state index contributed by atoms with van der Waals surface area (Å²) in [5.41, 5.74) is 0.595. The van der Waals surface area contributed by atoms with Crippen LogP contribution in [-0.4, -0.2) is 90.1 Å². The number of rotatable bonds is 3. The Kier molecular flexibility index (Phi) is 5.78. The average Bonchev–Trinajstić information content (AvgIpc) is 2.87. The lowest BCUT2D eigenvalue weighted by molar-refractivity contribution is -0.128. The first-order chi connectivity index (χ1) is 12.5. The average molecular weight is 361 g/mol. The van der Waals surface area contributed by atoms with Crippen LogP contribution in [0.5, 0.6) is 5.75 Å². The summed E-state index contributed by atoms with van der Waals surface area (Å²) in [7, 11) is 1.59. The van der Waals surface area contributed by atoms with Gasteiger partial charge in [0.25, 0.3) is 5.91 Å². The molecular formula is C19H27N3O4. The topological polar surface area (TPSA) is 73.3 Å². The molecule has 2 heterocycles. The van der Waals surface area contributed by atoms with E-state index in [1.165, 1.54) is 0 Å². The number of nitrogens with zero attached hydrogens (tertiary/aromatic N) is 3. The number of β-amino-alcohol motifs (C(OH)–C–C–N with tert-alkyl or cyclic N) is 1. The van der Waals surface area contributed by atoms with Crippen LogP contribution in [0.25, 0.3) is 0 Å². The predicted octanol–water partition coefficient (Wildman–Crippen LogP) is 0.435. The van der Waals surface area contributed by atoms with E-state index in [0.717, 1.165) is 26.1 Å². The minimum atomic E-state index is -0.568. The van der Waals surface area contributed by atoms with Crippen molar-refractivity contribution in [2.24, 2.45) is 0 Å². The smallest absolute Gasteiger partial charge is 0.254 e. The molecule has 1 aromatic carbocycles. The number of likely N-dealkylation sites (tertiary alicyclic amines) is 1. The number of amides is 2. The van der Waals surface area contributed by atoms with Crippen LogP contribution < -0.4 is 4.74 Å². The Morgan fingerprint density at radius 1 is 1.04 bits per heavy atom. The molecule has 0 spiro atoms. The summed E-state index contributed by atoms with van der Waals surface area (Å²) in [5.74, 6) is 0.727. The Labute approximate surface area is 154 Å². The molecule has 2 aliphatic heterocycles. The molecule has 26 heavy (non-hydrogen) atoms. The van der Waals surface area contributed by atoms with Crippen LogP contribution >= 0.6 is 0 Å². The van der Waals surface area contributed by atoms with Crippen molar-refractivity contribution in [3.05, 3.63) is 29.8 Å². The van der Waals surface area contributed by atoms with Gasteiger partial charge in [0, 0.05) is 51.8 Å². The van der Waals surface area contributed by atoms with Crippen molar-refractivity contribution >= 4 is 11.8 Å². The van der Waals surface area contributed by atoms with Gasteiger partial charge < -0.3 is 19.6 Å². The third kappa shape index (κ3) is 3.99. The number of methoxy groups -OCH3 is 1. The first-order valence-electron chi connectivity index (χ1n) is 9.10.